The first-order valence-corrected chi connectivity index (χ1v) is 16.6. The molecule has 3 heterocycles. The molecule has 0 saturated carbocycles. The zero-order valence-electron chi connectivity index (χ0n) is 28.2. The monoisotopic (exact) mass is 756 g/mol. The summed E-state index contributed by atoms with van der Waals surface area (Å²) in [5.41, 5.74) is 0.889. The number of aliphatic hydroxyl groups excluding tert-OH is 7. The van der Waals surface area contributed by atoms with Crippen LogP contribution in [0.5, 0.6) is 23.0 Å². The molecule has 3 saturated heterocycles. The van der Waals surface area contributed by atoms with Crippen molar-refractivity contribution in [2.75, 3.05) is 19.8 Å². The van der Waals surface area contributed by atoms with Gasteiger partial charge in [0.15, 0.2) is 41.9 Å². The van der Waals surface area contributed by atoms with E-state index in [1.54, 1.807) is 0 Å². The number of aromatic hydroxyl groups is 4. The minimum absolute atomic E-state index is 0.137. The maximum atomic E-state index is 12.6. The van der Waals surface area contributed by atoms with Gasteiger partial charge in [0.2, 0.25) is 0 Å². The molecule has 2 aromatic carbocycles. The molecule has 0 amide bonds. The van der Waals surface area contributed by atoms with Gasteiger partial charge in [0, 0.05) is 6.08 Å². The van der Waals surface area contributed by atoms with Gasteiger partial charge in [-0.1, -0.05) is 12.1 Å². The first-order valence-electron chi connectivity index (χ1n) is 16.6. The highest BCUT2D eigenvalue weighted by molar-refractivity contribution is 5.87. The Hall–Kier alpha value is -3.67. The summed E-state index contributed by atoms with van der Waals surface area (Å²) in [5, 5.41) is 113. The molecule has 0 bridgehead atoms. The van der Waals surface area contributed by atoms with E-state index < -0.39 is 111 Å². The number of hydrogen-bond donors (Lipinski definition) is 11. The lowest BCUT2D eigenvalue weighted by atomic mass is 9.97. The number of rotatable bonds is 12. The lowest BCUT2D eigenvalue weighted by Gasteiger charge is -2.47. The van der Waals surface area contributed by atoms with Crippen LogP contribution in [0.1, 0.15) is 18.1 Å². The second-order valence-corrected chi connectivity index (χ2v) is 12.8. The van der Waals surface area contributed by atoms with Gasteiger partial charge in [-0.2, -0.15) is 0 Å². The van der Waals surface area contributed by atoms with Gasteiger partial charge in [-0.15, -0.1) is 0 Å². The topological polar surface area (TPSA) is 304 Å². The molecule has 14 atom stereocenters. The van der Waals surface area contributed by atoms with Crippen LogP contribution in [0.25, 0.3) is 6.08 Å². The van der Waals surface area contributed by atoms with Crippen molar-refractivity contribution in [1.82, 2.24) is 0 Å². The number of aliphatic hydroxyl groups is 7. The number of phenols is 4. The first kappa shape index (κ1) is 40.5. The molecule has 19 nitrogen and oxygen atoms in total. The van der Waals surface area contributed by atoms with E-state index in [-0.39, 0.29) is 30.3 Å². The molecule has 294 valence electrons. The molecular formula is C34H44O19. The lowest BCUT2D eigenvalue weighted by Crippen LogP contribution is -2.66. The fraction of sp³-hybridized carbons (Fsp3) is 0.559. The fourth-order valence-electron chi connectivity index (χ4n) is 5.84. The predicted octanol–water partition coefficient (Wildman–Crippen LogP) is -2.55. The van der Waals surface area contributed by atoms with Crippen molar-refractivity contribution >= 4 is 12.0 Å². The van der Waals surface area contributed by atoms with Gasteiger partial charge in [-0.25, -0.2) is 4.79 Å². The van der Waals surface area contributed by atoms with Crippen LogP contribution < -0.4 is 0 Å². The predicted molar refractivity (Wildman–Crippen MR) is 174 cm³/mol. The van der Waals surface area contributed by atoms with Crippen LogP contribution in [0.4, 0.5) is 0 Å². The van der Waals surface area contributed by atoms with Gasteiger partial charge < -0.3 is 89.3 Å². The van der Waals surface area contributed by atoms with E-state index in [9.17, 15) is 61.0 Å². The Morgan fingerprint density at radius 2 is 1.42 bits per heavy atom. The van der Waals surface area contributed by atoms with Crippen molar-refractivity contribution in [3.63, 3.8) is 0 Å². The number of phenolic OH excluding ortho intramolecular Hbond substituents is 4. The van der Waals surface area contributed by atoms with Crippen molar-refractivity contribution in [2.45, 2.75) is 99.4 Å². The van der Waals surface area contributed by atoms with Crippen LogP contribution in [0, 0.1) is 0 Å². The molecule has 0 aliphatic carbocycles. The molecule has 0 radical (unpaired) electrons. The Balaban J connectivity index is 1.32. The van der Waals surface area contributed by atoms with E-state index in [0.29, 0.717) is 11.1 Å². The van der Waals surface area contributed by atoms with E-state index >= 15 is 0 Å². The molecule has 3 aliphatic rings. The number of hydrogen-bond acceptors (Lipinski definition) is 19. The third-order valence-corrected chi connectivity index (χ3v) is 8.98. The summed E-state index contributed by atoms with van der Waals surface area (Å²) >= 11 is 0. The zero-order valence-corrected chi connectivity index (χ0v) is 28.2. The maximum Gasteiger partial charge on any atom is 0.330 e. The largest absolute Gasteiger partial charge is 0.504 e. The molecule has 3 fully saturated rings. The van der Waals surface area contributed by atoms with Gasteiger partial charge in [0.25, 0.3) is 0 Å². The normalized spacial score (nSPS) is 36.4. The number of ether oxygens (including phenoxy) is 7. The van der Waals surface area contributed by atoms with Gasteiger partial charge in [-0.05, 0) is 54.8 Å². The molecule has 0 spiro atoms. The van der Waals surface area contributed by atoms with Crippen molar-refractivity contribution in [3.8, 4) is 23.0 Å². The molecular weight excluding hydrogens is 712 g/mol. The molecule has 11 N–H and O–H groups in total. The smallest absolute Gasteiger partial charge is 0.330 e. The number of benzene rings is 2. The minimum atomic E-state index is -1.80. The minimum Gasteiger partial charge on any atom is -0.504 e. The summed E-state index contributed by atoms with van der Waals surface area (Å²) < 4.78 is 39.5. The van der Waals surface area contributed by atoms with E-state index in [1.807, 2.05) is 0 Å². The third-order valence-electron chi connectivity index (χ3n) is 8.98. The second kappa shape index (κ2) is 17.6. The van der Waals surface area contributed by atoms with Gasteiger partial charge in [0.05, 0.1) is 19.3 Å². The summed E-state index contributed by atoms with van der Waals surface area (Å²) in [4.78, 5) is 12.6. The first-order chi connectivity index (χ1) is 25.1. The Morgan fingerprint density at radius 3 is 2.11 bits per heavy atom. The summed E-state index contributed by atoms with van der Waals surface area (Å²) in [6.45, 7) is 0.188. The number of carbonyl (C=O) groups is 1. The van der Waals surface area contributed by atoms with E-state index in [2.05, 4.69) is 0 Å². The maximum absolute atomic E-state index is 12.6. The zero-order chi connectivity index (χ0) is 38.6. The van der Waals surface area contributed by atoms with Crippen LogP contribution in [0.2, 0.25) is 0 Å². The van der Waals surface area contributed by atoms with Gasteiger partial charge in [0.1, 0.15) is 67.6 Å². The summed E-state index contributed by atoms with van der Waals surface area (Å²) in [7, 11) is 0. The third kappa shape index (κ3) is 9.72. The van der Waals surface area contributed by atoms with E-state index in [1.165, 1.54) is 49.4 Å². The quantitative estimate of drug-likeness (QED) is 0.0603. The van der Waals surface area contributed by atoms with Crippen LogP contribution in [0.3, 0.4) is 0 Å². The fourth-order valence-corrected chi connectivity index (χ4v) is 5.84. The molecule has 5 rings (SSSR count). The molecule has 19 heteroatoms. The van der Waals surface area contributed by atoms with Crippen LogP contribution >= 0.6 is 0 Å². The van der Waals surface area contributed by atoms with Crippen molar-refractivity contribution < 1.29 is 94.1 Å². The Labute approximate surface area is 302 Å². The Bertz CT molecular complexity index is 1560. The van der Waals surface area contributed by atoms with Crippen LogP contribution in [0.15, 0.2) is 42.5 Å². The highest BCUT2D eigenvalue weighted by Crippen LogP contribution is 2.33. The molecule has 3 aliphatic heterocycles. The molecule has 0 aromatic heterocycles. The second-order valence-electron chi connectivity index (χ2n) is 12.8. The average molecular weight is 757 g/mol. The van der Waals surface area contributed by atoms with Crippen LogP contribution in [-0.2, 0) is 44.4 Å². The number of esters is 1. The molecule has 2 aromatic rings. The number of carbonyl (C=O) groups excluding carboxylic acids is 1. The standard InChI is InChI=1S/C34H44O19/c1-14-24(41)27(44)31(53-32-28(45)25(42)21(39)12-49-32)34(50-14)52-30-26(43)22(13-48-23(40)7-4-15-2-5-17(35)19(37)10-15)51-33(29(30)46)47-9-8-16-3-6-18(36)20(38)11-16/h2-7,10-11,14,21-22,24-39,41-46H,8-9,12-13H2,1H3/b7-4+/t14-,21-,22+,24-,25+,26+,27+,28+,29+,30-,31+,32-,33+,34-/m0/s1. The SMILES string of the molecule is C[C@@H]1O[C@@H](O[C@@H]2[C@@H](O)[C@H](OCCc3ccc(O)c(O)c3)O[C@H](COC(=O)/C=C/c3ccc(O)c(O)c3)[C@H]2O)[C@H](O[C@@H]2OC[C@H](O)[C@@H](O)[C@H]2O)[C@H](O)[C@H]1O. The van der Waals surface area contributed by atoms with Gasteiger partial charge in [-0.3, -0.25) is 0 Å². The Kier molecular flexibility index (Phi) is 13.5. The average Bonchev–Trinajstić information content (AvgIpc) is 3.12. The van der Waals surface area contributed by atoms with E-state index in [0.717, 1.165) is 6.08 Å². The van der Waals surface area contributed by atoms with Crippen molar-refractivity contribution in [2.24, 2.45) is 0 Å². The summed E-state index contributed by atoms with van der Waals surface area (Å²) in [5.74, 6) is -2.38. The highest BCUT2D eigenvalue weighted by Gasteiger charge is 2.53. The molecule has 0 unspecified atom stereocenters. The van der Waals surface area contributed by atoms with Crippen molar-refractivity contribution in [1.29, 1.82) is 0 Å². The summed E-state index contributed by atoms with van der Waals surface area (Å²) in [6, 6.07) is 7.93. The van der Waals surface area contributed by atoms with Crippen LogP contribution in [-0.4, -0.2) is 168 Å². The van der Waals surface area contributed by atoms with Gasteiger partial charge >= 0.3 is 5.97 Å². The summed E-state index contributed by atoms with van der Waals surface area (Å²) in [6.07, 6.45) is -20.1. The Morgan fingerprint density at radius 1 is 0.736 bits per heavy atom. The van der Waals surface area contributed by atoms with Crippen molar-refractivity contribution in [3.05, 3.63) is 53.6 Å². The lowest BCUT2D eigenvalue weighted by molar-refractivity contribution is -0.381. The van der Waals surface area contributed by atoms with E-state index in [4.69, 9.17) is 33.2 Å². The highest BCUT2D eigenvalue weighted by atomic mass is 16.8. The molecule has 53 heavy (non-hydrogen) atoms.